The minimum absolute atomic E-state index is 0.141. The molecule has 0 radical (unpaired) electrons. The first kappa shape index (κ1) is 15.2. The van der Waals surface area contributed by atoms with Gasteiger partial charge in [0.15, 0.2) is 5.82 Å². The highest BCUT2D eigenvalue weighted by Crippen LogP contribution is 2.23. The molecule has 0 saturated heterocycles. The molecule has 0 saturated carbocycles. The molecule has 6 nitrogen and oxygen atoms in total. The quantitative estimate of drug-likeness (QED) is 0.602. The van der Waals surface area contributed by atoms with E-state index in [-0.39, 0.29) is 18.1 Å². The fourth-order valence-electron chi connectivity index (χ4n) is 1.81. The van der Waals surface area contributed by atoms with Gasteiger partial charge in [0, 0.05) is 18.1 Å². The summed E-state index contributed by atoms with van der Waals surface area (Å²) >= 11 is 0. The van der Waals surface area contributed by atoms with Crippen LogP contribution < -0.4 is 0 Å². The Balaban J connectivity index is 3.10. The first-order valence-corrected chi connectivity index (χ1v) is 6.56. The maximum Gasteiger partial charge on any atom is 0.193 e. The predicted molar refractivity (Wildman–Crippen MR) is 74.0 cm³/mol. The van der Waals surface area contributed by atoms with Gasteiger partial charge in [-0.1, -0.05) is 5.22 Å². The number of hydrogen-bond donors (Lipinski definition) is 0. The third-order valence-electron chi connectivity index (χ3n) is 2.68. The second-order valence-corrected chi connectivity index (χ2v) is 5.29. The molecule has 19 heavy (non-hydrogen) atoms. The molecule has 0 aliphatic heterocycles. The van der Waals surface area contributed by atoms with Gasteiger partial charge in [-0.3, -0.25) is 5.01 Å². The van der Waals surface area contributed by atoms with Crippen molar-refractivity contribution < 1.29 is 0 Å². The van der Waals surface area contributed by atoms with Gasteiger partial charge < -0.3 is 0 Å². The van der Waals surface area contributed by atoms with Crippen molar-refractivity contribution in [3.05, 3.63) is 11.8 Å². The summed E-state index contributed by atoms with van der Waals surface area (Å²) in [4.78, 5) is 0. The van der Waals surface area contributed by atoms with Gasteiger partial charge in [0.1, 0.15) is 11.6 Å². The largest absolute Gasteiger partial charge is 0.273 e. The summed E-state index contributed by atoms with van der Waals surface area (Å²) in [6.45, 7) is 12.2. The van der Waals surface area contributed by atoms with Crippen molar-refractivity contribution in [1.29, 1.82) is 5.26 Å². The Morgan fingerprint density at radius 3 is 2.21 bits per heavy atom. The fourth-order valence-corrected chi connectivity index (χ4v) is 1.81. The number of rotatable bonds is 5. The van der Waals surface area contributed by atoms with Gasteiger partial charge in [-0.05, 0) is 41.5 Å². The summed E-state index contributed by atoms with van der Waals surface area (Å²) in [5.74, 6) is 0.517. The van der Waals surface area contributed by atoms with Crippen LogP contribution in [0.25, 0.3) is 0 Å². The Labute approximate surface area is 114 Å². The van der Waals surface area contributed by atoms with Crippen molar-refractivity contribution in [3.8, 4) is 6.07 Å². The van der Waals surface area contributed by atoms with Crippen LogP contribution in [0.4, 0.5) is 5.82 Å². The highest BCUT2D eigenvalue weighted by molar-refractivity contribution is 5.46. The van der Waals surface area contributed by atoms with Crippen LogP contribution in [0.5, 0.6) is 0 Å². The van der Waals surface area contributed by atoms with E-state index in [4.69, 9.17) is 5.26 Å². The maximum atomic E-state index is 9.08. The van der Waals surface area contributed by atoms with Crippen molar-refractivity contribution in [2.75, 3.05) is 0 Å². The SMILES string of the molecule is CC(C)N(/N=N/c1c(C#N)cnn1C(C)C)C(C)C. The van der Waals surface area contributed by atoms with Gasteiger partial charge in [-0.25, -0.2) is 4.68 Å². The molecule has 0 aliphatic carbocycles. The van der Waals surface area contributed by atoms with Crippen LogP contribution in [-0.4, -0.2) is 26.9 Å². The van der Waals surface area contributed by atoms with Crippen molar-refractivity contribution >= 4 is 5.82 Å². The molecule has 6 heteroatoms. The molecule has 0 N–H and O–H groups in total. The van der Waals surface area contributed by atoms with E-state index in [1.54, 1.807) is 4.68 Å². The summed E-state index contributed by atoms with van der Waals surface area (Å²) in [5.41, 5.74) is 0.449. The molecule has 1 rings (SSSR count). The van der Waals surface area contributed by atoms with Gasteiger partial charge in [-0.2, -0.15) is 10.4 Å². The first-order chi connectivity index (χ1) is 8.88. The standard InChI is InChI=1S/C13H22N6/c1-9(2)18(10(3)4)17-16-13-12(7-14)8-15-19(13)11(5)6/h8-11H,1-6H3/b17-16+. The van der Waals surface area contributed by atoms with Gasteiger partial charge in [-0.15, -0.1) is 5.11 Å². The molecule has 104 valence electrons. The predicted octanol–water partition coefficient (Wildman–Crippen LogP) is 3.45. The summed E-state index contributed by atoms with van der Waals surface area (Å²) in [6, 6.07) is 2.75. The molecule has 1 aromatic heterocycles. The third kappa shape index (κ3) is 3.53. The third-order valence-corrected chi connectivity index (χ3v) is 2.68. The Hall–Kier alpha value is -1.90. The molecule has 1 heterocycles. The molecule has 0 bridgehead atoms. The lowest BCUT2D eigenvalue weighted by atomic mass is 10.3. The molecule has 0 atom stereocenters. The molecule has 0 unspecified atom stereocenters. The maximum absolute atomic E-state index is 9.08. The van der Waals surface area contributed by atoms with Gasteiger partial charge in [0.05, 0.1) is 6.20 Å². The van der Waals surface area contributed by atoms with Crippen molar-refractivity contribution in [3.63, 3.8) is 0 Å². The molecule has 0 aliphatic rings. The fraction of sp³-hybridized carbons (Fsp3) is 0.692. The van der Waals surface area contributed by atoms with E-state index >= 15 is 0 Å². The van der Waals surface area contributed by atoms with Gasteiger partial charge in [0.25, 0.3) is 0 Å². The van der Waals surface area contributed by atoms with E-state index < -0.39 is 0 Å². The Kier molecular flexibility index (Phi) is 5.04. The minimum Gasteiger partial charge on any atom is -0.273 e. The zero-order valence-corrected chi connectivity index (χ0v) is 12.5. The highest BCUT2D eigenvalue weighted by Gasteiger charge is 2.15. The number of aromatic nitrogens is 2. The average Bonchev–Trinajstić information content (AvgIpc) is 2.71. The number of hydrogen-bond acceptors (Lipinski definition) is 4. The number of nitrogens with zero attached hydrogens (tertiary/aromatic N) is 6. The lowest BCUT2D eigenvalue weighted by Crippen LogP contribution is -2.31. The van der Waals surface area contributed by atoms with Crippen LogP contribution in [0.1, 0.15) is 53.1 Å². The Morgan fingerprint density at radius 2 is 1.79 bits per heavy atom. The topological polar surface area (TPSA) is 69.6 Å². The molecule has 1 aromatic rings. The van der Waals surface area contributed by atoms with E-state index in [2.05, 4.69) is 49.2 Å². The highest BCUT2D eigenvalue weighted by atomic mass is 15.6. The normalized spacial score (nSPS) is 11.8. The lowest BCUT2D eigenvalue weighted by Gasteiger charge is -2.25. The monoisotopic (exact) mass is 262 g/mol. The first-order valence-electron chi connectivity index (χ1n) is 6.56. The Morgan fingerprint density at radius 1 is 1.21 bits per heavy atom. The zero-order chi connectivity index (χ0) is 14.6. The molecule has 0 spiro atoms. The van der Waals surface area contributed by atoms with Crippen molar-refractivity contribution in [2.24, 2.45) is 10.3 Å². The minimum atomic E-state index is 0.141. The van der Waals surface area contributed by atoms with E-state index in [9.17, 15) is 0 Å². The zero-order valence-electron chi connectivity index (χ0n) is 12.5. The number of nitriles is 1. The second kappa shape index (κ2) is 6.32. The molecule has 0 aromatic carbocycles. The van der Waals surface area contributed by atoms with Crippen molar-refractivity contribution in [2.45, 2.75) is 59.7 Å². The molecular weight excluding hydrogens is 240 g/mol. The van der Waals surface area contributed by atoms with Crippen LogP contribution in [-0.2, 0) is 0 Å². The average molecular weight is 262 g/mol. The van der Waals surface area contributed by atoms with Gasteiger partial charge >= 0.3 is 0 Å². The van der Waals surface area contributed by atoms with Gasteiger partial charge in [0.2, 0.25) is 0 Å². The van der Waals surface area contributed by atoms with Crippen LogP contribution in [0, 0.1) is 11.3 Å². The van der Waals surface area contributed by atoms with Crippen LogP contribution in [0.15, 0.2) is 16.5 Å². The van der Waals surface area contributed by atoms with E-state index in [0.29, 0.717) is 11.4 Å². The summed E-state index contributed by atoms with van der Waals surface area (Å²) in [6.07, 6.45) is 1.53. The molecular formula is C13H22N6. The van der Waals surface area contributed by atoms with Crippen LogP contribution in [0.2, 0.25) is 0 Å². The van der Waals surface area contributed by atoms with Crippen molar-refractivity contribution in [1.82, 2.24) is 14.8 Å². The second-order valence-electron chi connectivity index (χ2n) is 5.29. The van der Waals surface area contributed by atoms with E-state index in [1.165, 1.54) is 6.20 Å². The summed E-state index contributed by atoms with van der Waals surface area (Å²) < 4.78 is 1.71. The van der Waals surface area contributed by atoms with E-state index in [0.717, 1.165) is 0 Å². The van der Waals surface area contributed by atoms with Crippen LogP contribution >= 0.6 is 0 Å². The summed E-state index contributed by atoms with van der Waals surface area (Å²) in [7, 11) is 0. The van der Waals surface area contributed by atoms with E-state index in [1.807, 2.05) is 18.9 Å². The summed E-state index contributed by atoms with van der Waals surface area (Å²) in [5, 5.41) is 23.6. The molecule has 0 amide bonds. The smallest absolute Gasteiger partial charge is 0.193 e. The lowest BCUT2D eigenvalue weighted by molar-refractivity contribution is 0.169. The Bertz CT molecular complexity index is 470. The van der Waals surface area contributed by atoms with Crippen LogP contribution in [0.3, 0.4) is 0 Å². The molecule has 0 fully saturated rings.